The molecule has 0 unspecified atom stereocenters. The number of nitriles is 2. The number of carbonyl (C=O) groups is 1. The molecular weight excluding hydrogens is 352 g/mol. The van der Waals surface area contributed by atoms with Crippen LogP contribution < -0.4 is 10.1 Å². The molecule has 138 valence electrons. The van der Waals surface area contributed by atoms with Crippen molar-refractivity contribution in [1.82, 2.24) is 4.57 Å². The number of benzene rings is 2. The molecule has 1 heterocycles. The van der Waals surface area contributed by atoms with Crippen molar-refractivity contribution in [1.29, 1.82) is 10.5 Å². The maximum Gasteiger partial charge on any atom is 0.266 e. The zero-order valence-electron chi connectivity index (χ0n) is 15.3. The van der Waals surface area contributed by atoms with E-state index < -0.39 is 5.91 Å². The monoisotopic (exact) mass is 370 g/mol. The standard InChI is InChI=1S/C22H18N4O2/c1-28-19-9-7-18(8-10-19)25-22(27)16(14-24)13-17-15-26(12-4-11-23)21-6-3-2-5-20(17)21/h2-3,5-10,13,15H,4,12H2,1H3,(H,25,27)/b16-13+. The number of para-hydroxylation sites is 1. The SMILES string of the molecule is COc1ccc(NC(=O)/C(C#N)=C/c2cn(CCC#N)c3ccccc23)cc1. The summed E-state index contributed by atoms with van der Waals surface area (Å²) < 4.78 is 7.05. The molecular formula is C22H18N4O2. The van der Waals surface area contributed by atoms with Crippen molar-refractivity contribution in [3.63, 3.8) is 0 Å². The molecule has 1 aromatic heterocycles. The molecule has 2 aromatic carbocycles. The van der Waals surface area contributed by atoms with Crippen LogP contribution in [0.25, 0.3) is 17.0 Å². The Labute approximate surface area is 162 Å². The Balaban J connectivity index is 1.90. The summed E-state index contributed by atoms with van der Waals surface area (Å²) >= 11 is 0. The molecule has 3 rings (SSSR count). The van der Waals surface area contributed by atoms with Crippen LogP contribution in [0.4, 0.5) is 5.69 Å². The van der Waals surface area contributed by atoms with Gasteiger partial charge in [0.15, 0.2) is 0 Å². The lowest BCUT2D eigenvalue weighted by Crippen LogP contribution is -2.13. The molecule has 28 heavy (non-hydrogen) atoms. The van der Waals surface area contributed by atoms with Crippen LogP contribution >= 0.6 is 0 Å². The number of carbonyl (C=O) groups excluding carboxylic acids is 1. The van der Waals surface area contributed by atoms with Gasteiger partial charge in [-0.25, -0.2) is 0 Å². The highest BCUT2D eigenvalue weighted by atomic mass is 16.5. The summed E-state index contributed by atoms with van der Waals surface area (Å²) in [5, 5.41) is 22.0. The Morgan fingerprint density at radius 3 is 2.61 bits per heavy atom. The first-order chi connectivity index (χ1) is 13.7. The summed E-state index contributed by atoms with van der Waals surface area (Å²) in [5.41, 5.74) is 2.29. The smallest absolute Gasteiger partial charge is 0.266 e. The molecule has 0 radical (unpaired) electrons. The fraction of sp³-hybridized carbons (Fsp3) is 0.136. The van der Waals surface area contributed by atoms with Crippen molar-refractivity contribution in [2.24, 2.45) is 0 Å². The number of hydrogen-bond donors (Lipinski definition) is 1. The van der Waals surface area contributed by atoms with E-state index in [1.165, 1.54) is 0 Å². The molecule has 0 bridgehead atoms. The lowest BCUT2D eigenvalue weighted by Gasteiger charge is -2.05. The molecule has 0 aliphatic rings. The second-order valence-electron chi connectivity index (χ2n) is 6.06. The average Bonchev–Trinajstić information content (AvgIpc) is 3.08. The molecule has 6 heteroatoms. The lowest BCUT2D eigenvalue weighted by atomic mass is 10.1. The number of nitrogens with zero attached hydrogens (tertiary/aromatic N) is 3. The van der Waals surface area contributed by atoms with E-state index in [0.717, 1.165) is 16.5 Å². The highest BCUT2D eigenvalue weighted by Crippen LogP contribution is 2.24. The fourth-order valence-corrected chi connectivity index (χ4v) is 2.92. The topological polar surface area (TPSA) is 90.8 Å². The Morgan fingerprint density at radius 1 is 1.18 bits per heavy atom. The van der Waals surface area contributed by atoms with Crippen molar-refractivity contribution < 1.29 is 9.53 Å². The molecule has 1 N–H and O–H groups in total. The van der Waals surface area contributed by atoms with Crippen LogP contribution in [0.1, 0.15) is 12.0 Å². The quantitative estimate of drug-likeness (QED) is 0.522. The zero-order valence-corrected chi connectivity index (χ0v) is 15.3. The molecule has 0 fully saturated rings. The highest BCUT2D eigenvalue weighted by molar-refractivity contribution is 6.10. The van der Waals surface area contributed by atoms with Crippen LogP contribution in [-0.2, 0) is 11.3 Å². The number of nitrogens with one attached hydrogen (secondary N) is 1. The lowest BCUT2D eigenvalue weighted by molar-refractivity contribution is -0.112. The van der Waals surface area contributed by atoms with Gasteiger partial charge in [-0.1, -0.05) is 18.2 Å². The number of anilines is 1. The van der Waals surface area contributed by atoms with Crippen LogP contribution in [0.15, 0.2) is 60.3 Å². The number of aromatic nitrogens is 1. The normalized spacial score (nSPS) is 10.9. The van der Waals surface area contributed by atoms with Gasteiger partial charge in [-0.05, 0) is 36.4 Å². The Morgan fingerprint density at radius 2 is 1.93 bits per heavy atom. The molecule has 0 aliphatic heterocycles. The second-order valence-corrected chi connectivity index (χ2v) is 6.06. The Hall–Kier alpha value is -4.03. The number of rotatable bonds is 6. The molecule has 0 atom stereocenters. The van der Waals surface area contributed by atoms with E-state index >= 15 is 0 Å². The molecule has 6 nitrogen and oxygen atoms in total. The minimum atomic E-state index is -0.485. The van der Waals surface area contributed by atoms with Crippen molar-refractivity contribution in [3.05, 3.63) is 65.9 Å². The first-order valence-corrected chi connectivity index (χ1v) is 8.68. The summed E-state index contributed by atoms with van der Waals surface area (Å²) in [5.74, 6) is 0.195. The average molecular weight is 370 g/mol. The molecule has 3 aromatic rings. The Kier molecular flexibility index (Phi) is 5.74. The summed E-state index contributed by atoms with van der Waals surface area (Å²) in [6, 6.07) is 18.7. The molecule has 0 aliphatic carbocycles. The summed E-state index contributed by atoms with van der Waals surface area (Å²) in [6.07, 6.45) is 3.81. The number of hydrogen-bond acceptors (Lipinski definition) is 4. The number of aryl methyl sites for hydroxylation is 1. The minimum absolute atomic E-state index is 0.000922. The van der Waals surface area contributed by atoms with Crippen molar-refractivity contribution >= 4 is 28.6 Å². The summed E-state index contributed by atoms with van der Waals surface area (Å²) in [6.45, 7) is 0.546. The van der Waals surface area contributed by atoms with Gasteiger partial charge < -0.3 is 14.6 Å². The first kappa shape index (κ1) is 18.8. The van der Waals surface area contributed by atoms with E-state index in [9.17, 15) is 10.1 Å². The number of fused-ring (bicyclic) bond motifs is 1. The first-order valence-electron chi connectivity index (χ1n) is 8.68. The van der Waals surface area contributed by atoms with Gasteiger partial charge in [0.05, 0.1) is 19.6 Å². The van der Waals surface area contributed by atoms with Gasteiger partial charge in [0.25, 0.3) is 5.91 Å². The van der Waals surface area contributed by atoms with Gasteiger partial charge in [0, 0.05) is 34.9 Å². The van der Waals surface area contributed by atoms with E-state index in [4.69, 9.17) is 10.00 Å². The fourth-order valence-electron chi connectivity index (χ4n) is 2.92. The van der Waals surface area contributed by atoms with Gasteiger partial charge in [0.2, 0.25) is 0 Å². The number of methoxy groups -OCH3 is 1. The summed E-state index contributed by atoms with van der Waals surface area (Å²) in [7, 11) is 1.57. The third kappa shape index (κ3) is 4.03. The second kappa shape index (κ2) is 8.57. The molecule has 0 saturated carbocycles. The molecule has 0 saturated heterocycles. The van der Waals surface area contributed by atoms with E-state index in [1.54, 1.807) is 37.5 Å². The predicted molar refractivity (Wildman–Crippen MR) is 107 cm³/mol. The highest BCUT2D eigenvalue weighted by Gasteiger charge is 2.13. The van der Waals surface area contributed by atoms with Gasteiger partial charge in [-0.15, -0.1) is 0 Å². The summed E-state index contributed by atoms with van der Waals surface area (Å²) in [4.78, 5) is 12.5. The van der Waals surface area contributed by atoms with Gasteiger partial charge in [-0.2, -0.15) is 10.5 Å². The van der Waals surface area contributed by atoms with Crippen LogP contribution in [0.3, 0.4) is 0 Å². The van der Waals surface area contributed by atoms with Crippen LogP contribution in [0.5, 0.6) is 5.75 Å². The van der Waals surface area contributed by atoms with Crippen molar-refractivity contribution in [2.75, 3.05) is 12.4 Å². The van der Waals surface area contributed by atoms with Crippen molar-refractivity contribution in [3.8, 4) is 17.9 Å². The largest absolute Gasteiger partial charge is 0.497 e. The van der Waals surface area contributed by atoms with Crippen LogP contribution in [-0.4, -0.2) is 17.6 Å². The van der Waals surface area contributed by atoms with Gasteiger partial charge >= 0.3 is 0 Å². The number of ether oxygens (including phenoxy) is 1. The van der Waals surface area contributed by atoms with Gasteiger partial charge in [-0.3, -0.25) is 4.79 Å². The van der Waals surface area contributed by atoms with E-state index in [-0.39, 0.29) is 5.57 Å². The molecule has 1 amide bonds. The van der Waals surface area contributed by atoms with Crippen LogP contribution in [0, 0.1) is 22.7 Å². The van der Waals surface area contributed by atoms with E-state index in [0.29, 0.717) is 24.4 Å². The minimum Gasteiger partial charge on any atom is -0.497 e. The van der Waals surface area contributed by atoms with Gasteiger partial charge in [0.1, 0.15) is 17.4 Å². The molecule has 0 spiro atoms. The zero-order chi connectivity index (χ0) is 19.9. The van der Waals surface area contributed by atoms with Crippen molar-refractivity contribution in [2.45, 2.75) is 13.0 Å². The van der Waals surface area contributed by atoms with Crippen LogP contribution in [0.2, 0.25) is 0 Å². The number of amides is 1. The van der Waals surface area contributed by atoms with E-state index in [2.05, 4.69) is 11.4 Å². The predicted octanol–water partition coefficient (Wildman–Crippen LogP) is 4.11. The Bertz CT molecular complexity index is 1110. The third-order valence-corrected chi connectivity index (χ3v) is 4.30. The maximum absolute atomic E-state index is 12.5. The van der Waals surface area contributed by atoms with E-state index in [1.807, 2.05) is 41.1 Å². The maximum atomic E-state index is 12.5. The third-order valence-electron chi connectivity index (χ3n) is 4.30.